The highest BCUT2D eigenvalue weighted by Gasteiger charge is 2.20. The summed E-state index contributed by atoms with van der Waals surface area (Å²) < 4.78 is 39.2. The van der Waals surface area contributed by atoms with Crippen molar-refractivity contribution < 1.29 is 22.6 Å². The predicted octanol–water partition coefficient (Wildman–Crippen LogP) is 2.36. The predicted molar refractivity (Wildman–Crippen MR) is 130 cm³/mol. The van der Waals surface area contributed by atoms with Crippen molar-refractivity contribution in [1.82, 2.24) is 10.6 Å². The lowest BCUT2D eigenvalue weighted by molar-refractivity contribution is 0.154. The summed E-state index contributed by atoms with van der Waals surface area (Å²) in [5, 5.41) is 6.42. The average Bonchev–Trinajstić information content (AvgIpc) is 3.20. The lowest BCUT2D eigenvalue weighted by Crippen LogP contribution is -2.38. The Morgan fingerprint density at radius 3 is 2.57 bits per heavy atom. The van der Waals surface area contributed by atoms with Crippen molar-refractivity contribution in [3.63, 3.8) is 0 Å². The van der Waals surface area contributed by atoms with Crippen molar-refractivity contribution in [2.45, 2.75) is 38.3 Å². The number of hydrogen-bond donors (Lipinski definition) is 2. The molecule has 2 rings (SSSR count). The number of hydrogen-bond acceptors (Lipinski definition) is 6. The Hall–Kier alpha value is -1.27. The molecule has 1 fully saturated rings. The van der Waals surface area contributed by atoms with E-state index in [2.05, 4.69) is 15.6 Å². The molecule has 0 unspecified atom stereocenters. The summed E-state index contributed by atoms with van der Waals surface area (Å²) in [5.41, 5.74) is 1.00. The maximum Gasteiger partial charge on any atom is 0.191 e. The number of guanidine groups is 1. The van der Waals surface area contributed by atoms with Crippen LogP contribution in [0.25, 0.3) is 0 Å². The molecule has 1 aromatic rings. The van der Waals surface area contributed by atoms with Gasteiger partial charge < -0.3 is 24.8 Å². The Morgan fingerprint density at radius 1 is 1.20 bits per heavy atom. The number of nitrogens with one attached hydrogen (secondary N) is 2. The van der Waals surface area contributed by atoms with Gasteiger partial charge in [0.15, 0.2) is 17.5 Å². The second kappa shape index (κ2) is 13.9. The molecule has 10 heteroatoms. The minimum Gasteiger partial charge on any atom is -0.493 e. The van der Waals surface area contributed by atoms with Crippen molar-refractivity contribution in [3.05, 3.63) is 23.8 Å². The van der Waals surface area contributed by atoms with Crippen LogP contribution in [-0.2, 0) is 21.1 Å². The van der Waals surface area contributed by atoms with Crippen molar-refractivity contribution in [3.8, 4) is 11.5 Å². The van der Waals surface area contributed by atoms with Gasteiger partial charge in [0.2, 0.25) is 0 Å². The molecular formula is C20H34IN3O5S. The summed E-state index contributed by atoms with van der Waals surface area (Å²) in [6.45, 7) is 1.64. The van der Waals surface area contributed by atoms with Gasteiger partial charge in [0.25, 0.3) is 0 Å². The zero-order valence-corrected chi connectivity index (χ0v) is 21.1. The molecule has 0 spiro atoms. The summed E-state index contributed by atoms with van der Waals surface area (Å²) in [6.07, 6.45) is 6.00. The first-order chi connectivity index (χ1) is 13.9. The van der Waals surface area contributed by atoms with Crippen molar-refractivity contribution in [1.29, 1.82) is 0 Å². The molecular weight excluding hydrogens is 521 g/mol. The zero-order chi connectivity index (χ0) is 21.1. The van der Waals surface area contributed by atoms with Gasteiger partial charge in [-0.2, -0.15) is 0 Å². The van der Waals surface area contributed by atoms with Crippen LogP contribution in [0.1, 0.15) is 31.2 Å². The Morgan fingerprint density at radius 2 is 1.93 bits per heavy atom. The smallest absolute Gasteiger partial charge is 0.191 e. The lowest BCUT2D eigenvalue weighted by atomic mass is 10.1. The monoisotopic (exact) mass is 555 g/mol. The van der Waals surface area contributed by atoms with Gasteiger partial charge >= 0.3 is 0 Å². The number of para-hydroxylation sites is 1. The minimum absolute atomic E-state index is 0. The van der Waals surface area contributed by atoms with Gasteiger partial charge in [-0.1, -0.05) is 12.1 Å². The fraction of sp³-hybridized carbons (Fsp3) is 0.650. The van der Waals surface area contributed by atoms with E-state index in [1.165, 1.54) is 19.1 Å². The molecule has 0 aliphatic heterocycles. The number of methoxy groups -OCH3 is 1. The third kappa shape index (κ3) is 9.69. The van der Waals surface area contributed by atoms with Gasteiger partial charge in [0, 0.05) is 32.0 Å². The molecule has 0 saturated heterocycles. The second-order valence-electron chi connectivity index (χ2n) is 7.07. The van der Waals surface area contributed by atoms with Crippen LogP contribution in [0.3, 0.4) is 0 Å². The fourth-order valence-corrected chi connectivity index (χ4v) is 3.54. The van der Waals surface area contributed by atoms with Crippen molar-refractivity contribution in [2.24, 2.45) is 4.99 Å². The highest BCUT2D eigenvalue weighted by Crippen LogP contribution is 2.34. The van der Waals surface area contributed by atoms with E-state index >= 15 is 0 Å². The molecule has 0 radical (unpaired) electrons. The molecule has 0 aromatic heterocycles. The van der Waals surface area contributed by atoms with Gasteiger partial charge in [0.05, 0.1) is 32.2 Å². The van der Waals surface area contributed by atoms with E-state index in [0.29, 0.717) is 25.7 Å². The van der Waals surface area contributed by atoms with Crippen molar-refractivity contribution in [2.75, 3.05) is 45.9 Å². The molecule has 1 aliphatic rings. The van der Waals surface area contributed by atoms with E-state index in [-0.39, 0.29) is 42.4 Å². The maximum absolute atomic E-state index is 11.1. The number of aliphatic imine (C=N–C) groups is 1. The van der Waals surface area contributed by atoms with E-state index in [4.69, 9.17) is 14.2 Å². The maximum atomic E-state index is 11.1. The highest BCUT2D eigenvalue weighted by atomic mass is 127. The topological polar surface area (TPSA) is 98.3 Å². The van der Waals surface area contributed by atoms with Crippen LogP contribution in [-0.4, -0.2) is 66.4 Å². The summed E-state index contributed by atoms with van der Waals surface area (Å²) in [7, 11) is 0.353. The number of benzene rings is 1. The zero-order valence-electron chi connectivity index (χ0n) is 18.0. The Kier molecular flexibility index (Phi) is 12.4. The third-order valence-corrected chi connectivity index (χ3v) is 5.58. The van der Waals surface area contributed by atoms with Crippen LogP contribution < -0.4 is 20.1 Å². The van der Waals surface area contributed by atoms with Gasteiger partial charge in [-0.15, -0.1) is 24.0 Å². The standard InChI is InChI=1S/C20H33N3O5S.HI/c1-21-20(22-11-12-27-13-14-29(3,24)25)23-15-16-7-6-10-18(26-2)19(16)28-17-8-4-5-9-17;/h6-7,10,17H,4-5,8-9,11-15H2,1-3H3,(H2,21,22,23);1H. The SMILES string of the molecule is CN=C(NCCOCCS(C)(=O)=O)NCc1cccc(OC)c1OC1CCCC1.I. The number of rotatable bonds is 11. The molecule has 8 nitrogen and oxygen atoms in total. The Balaban J connectivity index is 0.00000450. The van der Waals surface area contributed by atoms with Crippen molar-refractivity contribution >= 4 is 39.8 Å². The van der Waals surface area contributed by atoms with Crippen LogP contribution >= 0.6 is 24.0 Å². The number of sulfone groups is 1. The summed E-state index contributed by atoms with van der Waals surface area (Å²) in [5.74, 6) is 2.18. The Bertz CT molecular complexity index is 768. The van der Waals surface area contributed by atoms with E-state index in [1.54, 1.807) is 14.2 Å². The molecule has 0 amide bonds. The molecule has 0 bridgehead atoms. The first-order valence-electron chi connectivity index (χ1n) is 9.95. The van der Waals surface area contributed by atoms with Crippen LogP contribution in [0.5, 0.6) is 11.5 Å². The molecule has 1 aliphatic carbocycles. The first-order valence-corrected chi connectivity index (χ1v) is 12.0. The van der Waals surface area contributed by atoms with Gasteiger partial charge in [0.1, 0.15) is 9.84 Å². The molecule has 30 heavy (non-hydrogen) atoms. The van der Waals surface area contributed by atoms with Gasteiger partial charge in [-0.3, -0.25) is 4.99 Å². The molecule has 2 N–H and O–H groups in total. The normalized spacial score (nSPS) is 14.8. The highest BCUT2D eigenvalue weighted by molar-refractivity contribution is 14.0. The van der Waals surface area contributed by atoms with Crippen LogP contribution in [0.4, 0.5) is 0 Å². The van der Waals surface area contributed by atoms with Gasteiger partial charge in [-0.25, -0.2) is 8.42 Å². The second-order valence-corrected chi connectivity index (χ2v) is 9.33. The Labute approximate surface area is 197 Å². The summed E-state index contributed by atoms with van der Waals surface area (Å²) in [4.78, 5) is 4.21. The fourth-order valence-electron chi connectivity index (χ4n) is 3.12. The molecule has 0 heterocycles. The average molecular weight is 555 g/mol. The lowest BCUT2D eigenvalue weighted by Gasteiger charge is -2.20. The largest absolute Gasteiger partial charge is 0.493 e. The molecule has 0 atom stereocenters. The molecule has 1 saturated carbocycles. The molecule has 1 aromatic carbocycles. The minimum atomic E-state index is -2.99. The first kappa shape index (κ1) is 26.8. The summed E-state index contributed by atoms with van der Waals surface area (Å²) in [6, 6.07) is 5.87. The van der Waals surface area contributed by atoms with E-state index in [1.807, 2.05) is 18.2 Å². The quantitative estimate of drug-likeness (QED) is 0.187. The number of halogens is 1. The van der Waals surface area contributed by atoms with Crippen LogP contribution in [0.2, 0.25) is 0 Å². The summed E-state index contributed by atoms with van der Waals surface area (Å²) >= 11 is 0. The van der Waals surface area contributed by atoms with E-state index in [9.17, 15) is 8.42 Å². The van der Waals surface area contributed by atoms with Crippen LogP contribution in [0.15, 0.2) is 23.2 Å². The van der Waals surface area contributed by atoms with E-state index < -0.39 is 9.84 Å². The third-order valence-electron chi connectivity index (χ3n) is 4.67. The molecule has 172 valence electrons. The number of ether oxygens (including phenoxy) is 3. The van der Waals surface area contributed by atoms with E-state index in [0.717, 1.165) is 29.9 Å². The van der Waals surface area contributed by atoms with Crippen LogP contribution in [0, 0.1) is 0 Å². The number of nitrogens with zero attached hydrogens (tertiary/aromatic N) is 1. The van der Waals surface area contributed by atoms with Gasteiger partial charge in [-0.05, 0) is 31.7 Å².